The molecule has 1 heterocycles. The summed E-state index contributed by atoms with van der Waals surface area (Å²) in [4.78, 5) is 24.3. The number of halogens is 1. The Hall–Kier alpha value is -1.62. The van der Waals surface area contributed by atoms with Gasteiger partial charge in [0.1, 0.15) is 0 Å². The number of non-ortho nitro benzene ring substituents is 1. The van der Waals surface area contributed by atoms with Gasteiger partial charge in [0.25, 0.3) is 11.6 Å². The zero-order valence-electron chi connectivity index (χ0n) is 10.6. The largest absolute Gasteiger partial charge is 0.339 e. The number of nitrogens with zero attached hydrogens (tertiary/aromatic N) is 2. The third-order valence-electron chi connectivity index (χ3n) is 3.23. The highest BCUT2D eigenvalue weighted by Gasteiger charge is 2.23. The highest BCUT2D eigenvalue weighted by atomic mass is 35.5. The summed E-state index contributed by atoms with van der Waals surface area (Å²) in [6.45, 7) is 2.96. The average Bonchev–Trinajstić information content (AvgIpc) is 2.38. The minimum absolute atomic E-state index is 0.0458. The van der Waals surface area contributed by atoms with E-state index < -0.39 is 4.92 Å². The maximum atomic E-state index is 12.3. The third-order valence-corrected chi connectivity index (χ3v) is 3.67. The Morgan fingerprint density at radius 1 is 1.37 bits per heavy atom. The van der Waals surface area contributed by atoms with Crippen LogP contribution in [0, 0.1) is 17.0 Å². The number of aryl methyl sites for hydroxylation is 1. The summed E-state index contributed by atoms with van der Waals surface area (Å²) in [6, 6.07) is 4.48. The van der Waals surface area contributed by atoms with Gasteiger partial charge in [0, 0.05) is 36.2 Å². The molecule has 102 valence electrons. The van der Waals surface area contributed by atoms with Crippen molar-refractivity contribution in [2.24, 2.45) is 0 Å². The quantitative estimate of drug-likeness (QED) is 0.476. The molecule has 5 nitrogen and oxygen atoms in total. The predicted octanol–water partition coefficient (Wildman–Crippen LogP) is 2.75. The predicted molar refractivity (Wildman–Crippen MR) is 72.6 cm³/mol. The van der Waals surface area contributed by atoms with Crippen LogP contribution in [-0.4, -0.2) is 34.2 Å². The van der Waals surface area contributed by atoms with Crippen molar-refractivity contribution in [3.05, 3.63) is 39.4 Å². The van der Waals surface area contributed by atoms with Gasteiger partial charge in [0.05, 0.1) is 4.92 Å². The van der Waals surface area contributed by atoms with Crippen LogP contribution in [0.2, 0.25) is 0 Å². The van der Waals surface area contributed by atoms with Gasteiger partial charge < -0.3 is 4.90 Å². The van der Waals surface area contributed by atoms with Crippen LogP contribution in [0.3, 0.4) is 0 Å². The highest BCUT2D eigenvalue weighted by Crippen LogP contribution is 2.21. The van der Waals surface area contributed by atoms with Crippen LogP contribution in [0.1, 0.15) is 28.8 Å². The van der Waals surface area contributed by atoms with E-state index >= 15 is 0 Å². The monoisotopic (exact) mass is 282 g/mol. The third kappa shape index (κ3) is 3.23. The van der Waals surface area contributed by atoms with Crippen LogP contribution in [-0.2, 0) is 0 Å². The van der Waals surface area contributed by atoms with Gasteiger partial charge in [-0.3, -0.25) is 14.9 Å². The molecule has 0 bridgehead atoms. The molecule has 1 aliphatic heterocycles. The Labute approximate surface area is 116 Å². The number of nitro benzene ring substituents is 1. The first-order chi connectivity index (χ1) is 8.97. The number of rotatable bonds is 2. The molecule has 1 amide bonds. The second-order valence-corrected chi connectivity index (χ2v) is 5.40. The maximum absolute atomic E-state index is 12.3. The molecular weight excluding hydrogens is 268 g/mol. The van der Waals surface area contributed by atoms with Gasteiger partial charge in [-0.1, -0.05) is 0 Å². The number of piperidine rings is 1. The van der Waals surface area contributed by atoms with Crippen LogP contribution < -0.4 is 0 Å². The van der Waals surface area contributed by atoms with Gasteiger partial charge in [-0.05, 0) is 31.4 Å². The Morgan fingerprint density at radius 2 is 2.00 bits per heavy atom. The minimum Gasteiger partial charge on any atom is -0.339 e. The van der Waals surface area contributed by atoms with Crippen LogP contribution in [0.25, 0.3) is 0 Å². The molecular formula is C13H15ClN2O3. The highest BCUT2D eigenvalue weighted by molar-refractivity contribution is 6.20. The molecule has 0 aliphatic carbocycles. The molecule has 1 saturated heterocycles. The first kappa shape index (κ1) is 13.8. The van der Waals surface area contributed by atoms with Crippen molar-refractivity contribution >= 4 is 23.2 Å². The number of carbonyl (C=O) groups excluding carboxylic acids is 1. The molecule has 19 heavy (non-hydrogen) atoms. The van der Waals surface area contributed by atoms with E-state index in [4.69, 9.17) is 11.6 Å². The second kappa shape index (κ2) is 5.57. The van der Waals surface area contributed by atoms with Crippen LogP contribution >= 0.6 is 11.6 Å². The lowest BCUT2D eigenvalue weighted by Crippen LogP contribution is -2.38. The summed E-state index contributed by atoms with van der Waals surface area (Å²) in [5, 5.41) is 10.9. The lowest BCUT2D eigenvalue weighted by Gasteiger charge is -2.29. The van der Waals surface area contributed by atoms with Gasteiger partial charge in [-0.2, -0.15) is 0 Å². The number of likely N-dealkylation sites (tertiary alicyclic amines) is 1. The van der Waals surface area contributed by atoms with Crippen molar-refractivity contribution in [3.8, 4) is 0 Å². The Bertz CT molecular complexity index is 511. The SMILES string of the molecule is Cc1cc(C(=O)N2CCC(Cl)CC2)cc([N+](=O)[O-])c1. The Balaban J connectivity index is 2.21. The van der Waals surface area contributed by atoms with Gasteiger partial charge in [-0.15, -0.1) is 11.6 Å². The molecule has 0 radical (unpaired) electrons. The fourth-order valence-electron chi connectivity index (χ4n) is 2.23. The fourth-order valence-corrected chi connectivity index (χ4v) is 2.42. The van der Waals surface area contributed by atoms with E-state index in [-0.39, 0.29) is 17.0 Å². The van der Waals surface area contributed by atoms with Gasteiger partial charge in [0.15, 0.2) is 0 Å². The molecule has 1 aromatic rings. The molecule has 0 atom stereocenters. The second-order valence-electron chi connectivity index (χ2n) is 4.78. The summed E-state index contributed by atoms with van der Waals surface area (Å²) < 4.78 is 0. The first-order valence-corrected chi connectivity index (χ1v) is 6.60. The zero-order valence-corrected chi connectivity index (χ0v) is 11.4. The number of nitro groups is 1. The molecule has 0 N–H and O–H groups in total. The zero-order chi connectivity index (χ0) is 14.0. The molecule has 0 unspecified atom stereocenters. The van der Waals surface area contributed by atoms with E-state index in [2.05, 4.69) is 0 Å². The number of hydrogen-bond acceptors (Lipinski definition) is 3. The minimum atomic E-state index is -0.477. The Kier molecular flexibility index (Phi) is 4.04. The van der Waals surface area contributed by atoms with Crippen LogP contribution in [0.15, 0.2) is 18.2 Å². The standard InChI is InChI=1S/C13H15ClN2O3/c1-9-6-10(8-12(7-9)16(18)19)13(17)15-4-2-11(14)3-5-15/h6-8,11H,2-5H2,1H3. The van der Waals surface area contributed by atoms with E-state index in [0.29, 0.717) is 24.2 Å². The van der Waals surface area contributed by atoms with Gasteiger partial charge in [-0.25, -0.2) is 0 Å². The summed E-state index contributed by atoms with van der Waals surface area (Å²) in [5.74, 6) is -0.157. The van der Waals surface area contributed by atoms with E-state index in [0.717, 1.165) is 12.8 Å². The topological polar surface area (TPSA) is 63.5 Å². The van der Waals surface area contributed by atoms with Crippen molar-refractivity contribution < 1.29 is 9.72 Å². The van der Waals surface area contributed by atoms with Crippen molar-refractivity contribution in [2.75, 3.05) is 13.1 Å². The molecule has 1 aromatic carbocycles. The van der Waals surface area contributed by atoms with E-state index in [1.807, 2.05) is 0 Å². The van der Waals surface area contributed by atoms with Gasteiger partial charge in [0.2, 0.25) is 0 Å². The maximum Gasteiger partial charge on any atom is 0.270 e. The normalized spacial score (nSPS) is 16.4. The number of alkyl halides is 1. The van der Waals surface area contributed by atoms with Crippen LogP contribution in [0.5, 0.6) is 0 Å². The van der Waals surface area contributed by atoms with Crippen molar-refractivity contribution in [1.82, 2.24) is 4.90 Å². The molecule has 2 rings (SSSR count). The first-order valence-electron chi connectivity index (χ1n) is 6.17. The van der Waals surface area contributed by atoms with E-state index in [1.165, 1.54) is 12.1 Å². The summed E-state index contributed by atoms with van der Waals surface area (Å²) in [6.07, 6.45) is 1.53. The van der Waals surface area contributed by atoms with Crippen molar-refractivity contribution in [2.45, 2.75) is 25.1 Å². The van der Waals surface area contributed by atoms with Gasteiger partial charge >= 0.3 is 0 Å². The molecule has 0 saturated carbocycles. The summed E-state index contributed by atoms with van der Waals surface area (Å²) >= 11 is 6.00. The smallest absolute Gasteiger partial charge is 0.270 e. The summed E-state index contributed by atoms with van der Waals surface area (Å²) in [7, 11) is 0. The van der Waals surface area contributed by atoms with Crippen LogP contribution in [0.4, 0.5) is 5.69 Å². The molecule has 0 spiro atoms. The average molecular weight is 283 g/mol. The molecule has 6 heteroatoms. The fraction of sp³-hybridized carbons (Fsp3) is 0.462. The van der Waals surface area contributed by atoms with Crippen molar-refractivity contribution in [1.29, 1.82) is 0 Å². The lowest BCUT2D eigenvalue weighted by atomic mass is 10.1. The summed E-state index contributed by atoms with van der Waals surface area (Å²) in [5.41, 5.74) is 1.04. The number of amides is 1. The van der Waals surface area contributed by atoms with E-state index in [1.54, 1.807) is 17.9 Å². The molecule has 0 aromatic heterocycles. The number of carbonyl (C=O) groups is 1. The van der Waals surface area contributed by atoms with E-state index in [9.17, 15) is 14.9 Å². The number of benzene rings is 1. The lowest BCUT2D eigenvalue weighted by molar-refractivity contribution is -0.384. The van der Waals surface area contributed by atoms with Crippen molar-refractivity contribution in [3.63, 3.8) is 0 Å². The number of hydrogen-bond donors (Lipinski definition) is 0. The molecule has 1 fully saturated rings. The molecule has 1 aliphatic rings. The Morgan fingerprint density at radius 3 is 2.58 bits per heavy atom.